The monoisotopic (exact) mass is 190 g/mol. The molecule has 0 saturated heterocycles. The third kappa shape index (κ3) is 1.64. The first-order valence-corrected chi connectivity index (χ1v) is 4.64. The number of para-hydroxylation sites is 2. The zero-order valence-electron chi connectivity index (χ0n) is 8.20. The Bertz CT molecular complexity index is 359. The molecule has 0 aliphatic carbocycles. The van der Waals surface area contributed by atoms with Gasteiger partial charge in [0.05, 0.1) is 17.9 Å². The van der Waals surface area contributed by atoms with Gasteiger partial charge in [0.2, 0.25) is 0 Å². The topological polar surface area (TPSA) is 53.6 Å². The summed E-state index contributed by atoms with van der Waals surface area (Å²) in [5.41, 5.74) is 7.47. The molecule has 0 radical (unpaired) electrons. The number of anilines is 2. The number of nitrogen functional groups attached to an aromatic ring is 1. The van der Waals surface area contributed by atoms with Crippen LogP contribution in [0.25, 0.3) is 0 Å². The van der Waals surface area contributed by atoms with Crippen molar-refractivity contribution in [1.82, 2.24) is 4.90 Å². The van der Waals surface area contributed by atoms with Gasteiger partial charge in [0.25, 0.3) is 0 Å². The van der Waals surface area contributed by atoms with Crippen LogP contribution in [0.4, 0.5) is 11.4 Å². The highest BCUT2D eigenvalue weighted by Crippen LogP contribution is 2.17. The molecule has 1 aliphatic rings. The van der Waals surface area contributed by atoms with Crippen molar-refractivity contribution in [3.05, 3.63) is 24.3 Å². The Morgan fingerprint density at radius 2 is 2.21 bits per heavy atom. The van der Waals surface area contributed by atoms with Gasteiger partial charge in [0, 0.05) is 13.6 Å². The fraction of sp³-hybridized carbons (Fsp3) is 0.300. The molecule has 2 rings (SSSR count). The highest BCUT2D eigenvalue weighted by atomic mass is 15.3. The van der Waals surface area contributed by atoms with Crippen LogP contribution in [0.5, 0.6) is 0 Å². The quantitative estimate of drug-likeness (QED) is 0.649. The van der Waals surface area contributed by atoms with Gasteiger partial charge in [-0.25, -0.2) is 0 Å². The summed E-state index contributed by atoms with van der Waals surface area (Å²) >= 11 is 0. The van der Waals surface area contributed by atoms with Crippen molar-refractivity contribution in [1.29, 1.82) is 0 Å². The van der Waals surface area contributed by atoms with Gasteiger partial charge in [-0.15, -0.1) is 0 Å². The summed E-state index contributed by atoms with van der Waals surface area (Å²) in [5.74, 6) is 0.892. The molecule has 1 aromatic rings. The molecule has 4 heteroatoms. The lowest BCUT2D eigenvalue weighted by atomic mass is 10.3. The standard InChI is InChI=1S/C10H14N4/c1-14-7-6-12-10(14)13-9-5-3-2-4-8(9)11/h2-5H,6-7,11H2,1H3,(H,12,13). The number of hydrogen-bond donors (Lipinski definition) is 2. The van der Waals surface area contributed by atoms with Crippen LogP contribution in [0, 0.1) is 0 Å². The van der Waals surface area contributed by atoms with Crippen LogP contribution < -0.4 is 11.1 Å². The molecule has 0 spiro atoms. The minimum Gasteiger partial charge on any atom is -0.397 e. The number of nitrogens with zero attached hydrogens (tertiary/aromatic N) is 2. The van der Waals surface area contributed by atoms with Gasteiger partial charge >= 0.3 is 0 Å². The van der Waals surface area contributed by atoms with Gasteiger partial charge in [-0.05, 0) is 12.1 Å². The van der Waals surface area contributed by atoms with Crippen molar-refractivity contribution in [2.24, 2.45) is 4.99 Å². The van der Waals surface area contributed by atoms with Crippen molar-refractivity contribution >= 4 is 17.3 Å². The summed E-state index contributed by atoms with van der Waals surface area (Å²) in [4.78, 5) is 6.40. The highest BCUT2D eigenvalue weighted by molar-refractivity contribution is 5.96. The fourth-order valence-corrected chi connectivity index (χ4v) is 1.40. The predicted molar refractivity (Wildman–Crippen MR) is 59.4 cm³/mol. The van der Waals surface area contributed by atoms with Gasteiger partial charge in [0.1, 0.15) is 0 Å². The van der Waals surface area contributed by atoms with Gasteiger partial charge in [-0.3, -0.25) is 4.99 Å². The van der Waals surface area contributed by atoms with Crippen LogP contribution in [0.1, 0.15) is 0 Å². The van der Waals surface area contributed by atoms with E-state index in [2.05, 4.69) is 15.2 Å². The number of hydrogen-bond acceptors (Lipinski definition) is 4. The minimum atomic E-state index is 0.746. The molecule has 0 fully saturated rings. The maximum atomic E-state index is 5.81. The van der Waals surface area contributed by atoms with E-state index in [1.165, 1.54) is 0 Å². The van der Waals surface area contributed by atoms with E-state index in [0.717, 1.165) is 30.4 Å². The second-order valence-corrected chi connectivity index (χ2v) is 3.34. The molecule has 3 N–H and O–H groups in total. The largest absolute Gasteiger partial charge is 0.397 e. The number of rotatable bonds is 1. The number of nitrogens with two attached hydrogens (primary N) is 1. The van der Waals surface area contributed by atoms with E-state index in [0.29, 0.717) is 0 Å². The molecule has 4 nitrogen and oxygen atoms in total. The molecule has 0 aromatic heterocycles. The molecule has 0 atom stereocenters. The van der Waals surface area contributed by atoms with E-state index < -0.39 is 0 Å². The zero-order valence-corrected chi connectivity index (χ0v) is 8.20. The second-order valence-electron chi connectivity index (χ2n) is 3.34. The Balaban J connectivity index is 2.15. The lowest BCUT2D eigenvalue weighted by molar-refractivity contribution is 0.555. The second kappa shape index (κ2) is 3.57. The first-order chi connectivity index (χ1) is 6.77. The van der Waals surface area contributed by atoms with Crippen molar-refractivity contribution in [2.75, 3.05) is 31.2 Å². The van der Waals surface area contributed by atoms with Gasteiger partial charge in [0.15, 0.2) is 5.96 Å². The first kappa shape index (κ1) is 8.87. The van der Waals surface area contributed by atoms with E-state index in [-0.39, 0.29) is 0 Å². The Kier molecular flexibility index (Phi) is 2.26. The maximum absolute atomic E-state index is 5.81. The summed E-state index contributed by atoms with van der Waals surface area (Å²) in [6.45, 7) is 1.82. The van der Waals surface area contributed by atoms with Crippen LogP contribution in [-0.2, 0) is 0 Å². The fourth-order valence-electron chi connectivity index (χ4n) is 1.40. The average Bonchev–Trinajstić information content (AvgIpc) is 2.56. The van der Waals surface area contributed by atoms with Crippen LogP contribution in [0.2, 0.25) is 0 Å². The number of benzene rings is 1. The lowest BCUT2D eigenvalue weighted by Gasteiger charge is -2.16. The van der Waals surface area contributed by atoms with E-state index >= 15 is 0 Å². The minimum absolute atomic E-state index is 0.746. The molecule has 0 saturated carbocycles. The summed E-state index contributed by atoms with van der Waals surface area (Å²) in [5, 5.41) is 3.21. The molecule has 1 heterocycles. The Hall–Kier alpha value is -1.71. The van der Waals surface area contributed by atoms with Crippen molar-refractivity contribution in [3.63, 3.8) is 0 Å². The van der Waals surface area contributed by atoms with Crippen LogP contribution in [0.15, 0.2) is 29.3 Å². The van der Waals surface area contributed by atoms with Crippen molar-refractivity contribution < 1.29 is 0 Å². The summed E-state index contributed by atoms with van der Waals surface area (Å²) in [6, 6.07) is 7.69. The summed E-state index contributed by atoms with van der Waals surface area (Å²) < 4.78 is 0. The van der Waals surface area contributed by atoms with E-state index in [1.807, 2.05) is 31.3 Å². The molecule has 0 unspecified atom stereocenters. The Morgan fingerprint density at radius 1 is 1.43 bits per heavy atom. The third-order valence-corrected chi connectivity index (χ3v) is 2.27. The van der Waals surface area contributed by atoms with Crippen molar-refractivity contribution in [3.8, 4) is 0 Å². The van der Waals surface area contributed by atoms with Crippen LogP contribution in [0.3, 0.4) is 0 Å². The number of likely N-dealkylation sites (N-methyl/N-ethyl adjacent to an activating group) is 1. The summed E-state index contributed by atoms with van der Waals surface area (Å²) in [6.07, 6.45) is 0. The number of aliphatic imine (C=N–C) groups is 1. The number of guanidine groups is 1. The predicted octanol–water partition coefficient (Wildman–Crippen LogP) is 0.982. The number of nitrogens with one attached hydrogen (secondary N) is 1. The van der Waals surface area contributed by atoms with Crippen LogP contribution >= 0.6 is 0 Å². The molecule has 0 amide bonds. The summed E-state index contributed by atoms with van der Waals surface area (Å²) in [7, 11) is 2.01. The molecule has 0 bridgehead atoms. The lowest BCUT2D eigenvalue weighted by Crippen LogP contribution is -2.29. The van der Waals surface area contributed by atoms with Crippen molar-refractivity contribution in [2.45, 2.75) is 0 Å². The molecular formula is C10H14N4. The first-order valence-electron chi connectivity index (χ1n) is 4.64. The van der Waals surface area contributed by atoms with E-state index in [1.54, 1.807) is 0 Å². The molecule has 74 valence electrons. The highest BCUT2D eigenvalue weighted by Gasteiger charge is 2.12. The SMILES string of the molecule is CN1CCN=C1Nc1ccccc1N. The van der Waals surface area contributed by atoms with E-state index in [9.17, 15) is 0 Å². The zero-order chi connectivity index (χ0) is 9.97. The maximum Gasteiger partial charge on any atom is 0.198 e. The third-order valence-electron chi connectivity index (χ3n) is 2.27. The molecular weight excluding hydrogens is 176 g/mol. The van der Waals surface area contributed by atoms with Gasteiger partial charge in [-0.1, -0.05) is 12.1 Å². The molecule has 1 aliphatic heterocycles. The molecule has 14 heavy (non-hydrogen) atoms. The Labute approximate surface area is 83.4 Å². The van der Waals surface area contributed by atoms with Gasteiger partial charge in [-0.2, -0.15) is 0 Å². The van der Waals surface area contributed by atoms with E-state index in [4.69, 9.17) is 5.73 Å². The van der Waals surface area contributed by atoms with Crippen LogP contribution in [-0.4, -0.2) is 31.0 Å². The Morgan fingerprint density at radius 3 is 2.86 bits per heavy atom. The molecule has 1 aromatic carbocycles. The average molecular weight is 190 g/mol. The normalized spacial score (nSPS) is 15.5. The van der Waals surface area contributed by atoms with Gasteiger partial charge < -0.3 is 16.0 Å². The smallest absolute Gasteiger partial charge is 0.198 e.